The van der Waals surface area contributed by atoms with E-state index in [1.54, 1.807) is 0 Å². The van der Waals surface area contributed by atoms with Gasteiger partial charge in [0.05, 0.1) is 22.6 Å². The van der Waals surface area contributed by atoms with Gasteiger partial charge in [0.15, 0.2) is 5.82 Å². The van der Waals surface area contributed by atoms with Gasteiger partial charge in [-0.15, -0.1) is 11.3 Å². The summed E-state index contributed by atoms with van der Waals surface area (Å²) in [5.74, 6) is 0.697. The second kappa shape index (κ2) is 13.6. The van der Waals surface area contributed by atoms with Gasteiger partial charge >= 0.3 is 0 Å². The summed E-state index contributed by atoms with van der Waals surface area (Å²) in [5, 5.41) is 11.1. The predicted molar refractivity (Wildman–Crippen MR) is 250 cm³/mol. The highest BCUT2D eigenvalue weighted by Gasteiger charge is 2.19. The Balaban J connectivity index is 1.05. The lowest BCUT2D eigenvalue weighted by Crippen LogP contribution is -1.96. The van der Waals surface area contributed by atoms with Crippen molar-refractivity contribution in [3.05, 3.63) is 200 Å². The number of hydrogen-bond acceptors (Lipinski definition) is 4. The van der Waals surface area contributed by atoms with Crippen LogP contribution in [0, 0.1) is 0 Å². The van der Waals surface area contributed by atoms with Crippen molar-refractivity contribution in [3.63, 3.8) is 0 Å². The van der Waals surface area contributed by atoms with Gasteiger partial charge in [-0.05, 0) is 73.8 Å². The van der Waals surface area contributed by atoms with Crippen molar-refractivity contribution in [1.82, 2.24) is 15.0 Å². The number of pyridine rings is 1. The van der Waals surface area contributed by atoms with Crippen LogP contribution in [0.3, 0.4) is 0 Å². The Morgan fingerprint density at radius 2 is 0.797 bits per heavy atom. The van der Waals surface area contributed by atoms with Crippen LogP contribution in [0.5, 0.6) is 0 Å². The number of fused-ring (bicyclic) bond motifs is 11. The summed E-state index contributed by atoms with van der Waals surface area (Å²) in [4.78, 5) is 15.8. The molecule has 0 saturated heterocycles. The number of rotatable bonds is 5. The molecule has 0 aliphatic heterocycles. The molecule has 0 saturated carbocycles. The Labute approximate surface area is 344 Å². The first-order chi connectivity index (χ1) is 29.2. The summed E-state index contributed by atoms with van der Waals surface area (Å²) in [6.07, 6.45) is 0. The predicted octanol–water partition coefficient (Wildman–Crippen LogP) is 15.2. The molecule has 9 aromatic carbocycles. The third kappa shape index (κ3) is 5.60. The normalized spacial score (nSPS) is 11.7. The number of hydrogen-bond donors (Lipinski definition) is 0. The van der Waals surface area contributed by atoms with E-state index in [-0.39, 0.29) is 0 Å². The highest BCUT2D eigenvalue weighted by atomic mass is 32.1. The number of thiophene rings is 1. The van der Waals surface area contributed by atoms with Crippen LogP contribution in [0.25, 0.3) is 120 Å². The molecular weight excluding hydrogens is 735 g/mol. The molecule has 0 spiro atoms. The summed E-state index contributed by atoms with van der Waals surface area (Å²) >= 11 is 1.84. The number of benzene rings is 9. The van der Waals surface area contributed by atoms with Gasteiger partial charge in [0.25, 0.3) is 0 Å². The van der Waals surface area contributed by atoms with E-state index in [1.165, 1.54) is 63.6 Å². The SMILES string of the molecule is c1ccc(-c2ccc(-c3cc(-c4ccc5nc(-c6ccc7c8ccccc8c8ccccc8c7c6)c6c7ccccc7sc6c5c4)nc(-c4ccccc4)n3)cc2)cc1. The molecule has 0 bridgehead atoms. The fraction of sp³-hybridized carbons (Fsp3) is 0. The largest absolute Gasteiger partial charge is 0.247 e. The van der Waals surface area contributed by atoms with E-state index in [4.69, 9.17) is 15.0 Å². The zero-order valence-electron chi connectivity index (χ0n) is 31.8. The summed E-state index contributed by atoms with van der Waals surface area (Å²) < 4.78 is 2.47. The molecule has 0 aliphatic carbocycles. The van der Waals surface area contributed by atoms with Crippen LogP contribution in [0.2, 0.25) is 0 Å². The molecule has 274 valence electrons. The van der Waals surface area contributed by atoms with Crippen LogP contribution in [-0.4, -0.2) is 15.0 Å². The molecule has 4 heteroatoms. The zero-order valence-corrected chi connectivity index (χ0v) is 32.6. The smallest absolute Gasteiger partial charge is 0.160 e. The van der Waals surface area contributed by atoms with Crippen molar-refractivity contribution in [2.75, 3.05) is 0 Å². The average Bonchev–Trinajstić information content (AvgIpc) is 3.72. The molecule has 0 atom stereocenters. The minimum absolute atomic E-state index is 0.697. The molecule has 0 N–H and O–H groups in total. The van der Waals surface area contributed by atoms with Crippen molar-refractivity contribution < 1.29 is 0 Å². The zero-order chi connectivity index (χ0) is 38.9. The van der Waals surface area contributed by atoms with Crippen LogP contribution in [0.4, 0.5) is 0 Å². The van der Waals surface area contributed by atoms with E-state index >= 15 is 0 Å². The van der Waals surface area contributed by atoms with E-state index in [0.717, 1.165) is 50.2 Å². The van der Waals surface area contributed by atoms with E-state index in [2.05, 4.69) is 176 Å². The summed E-state index contributed by atoms with van der Waals surface area (Å²) in [6.45, 7) is 0. The van der Waals surface area contributed by atoms with E-state index in [1.807, 2.05) is 35.6 Å². The second-order valence-corrected chi connectivity index (χ2v) is 16.2. The van der Waals surface area contributed by atoms with Crippen LogP contribution >= 0.6 is 11.3 Å². The molecule has 3 heterocycles. The molecule has 0 fully saturated rings. The van der Waals surface area contributed by atoms with Crippen LogP contribution in [0.15, 0.2) is 200 Å². The van der Waals surface area contributed by atoms with Crippen molar-refractivity contribution >= 4 is 74.7 Å². The Morgan fingerprint density at radius 1 is 0.305 bits per heavy atom. The topological polar surface area (TPSA) is 38.7 Å². The minimum atomic E-state index is 0.697. The molecule has 0 amide bonds. The van der Waals surface area contributed by atoms with Gasteiger partial charge in [0.1, 0.15) is 0 Å². The van der Waals surface area contributed by atoms with Crippen molar-refractivity contribution in [1.29, 1.82) is 0 Å². The molecule has 3 aromatic heterocycles. The molecule has 12 aromatic rings. The Bertz CT molecular complexity index is 3560. The lowest BCUT2D eigenvalue weighted by atomic mass is 9.92. The van der Waals surface area contributed by atoms with Crippen molar-refractivity contribution in [2.24, 2.45) is 0 Å². The third-order valence-corrected chi connectivity index (χ3v) is 12.9. The third-order valence-electron chi connectivity index (χ3n) is 11.7. The van der Waals surface area contributed by atoms with Crippen molar-refractivity contribution in [2.45, 2.75) is 0 Å². The molecular formula is C55H33N3S. The molecule has 0 aliphatic rings. The van der Waals surface area contributed by atoms with E-state index < -0.39 is 0 Å². The van der Waals surface area contributed by atoms with Crippen LogP contribution in [0.1, 0.15) is 0 Å². The Hall–Kier alpha value is -7.53. The quantitative estimate of drug-likeness (QED) is 0.164. The first kappa shape index (κ1) is 33.6. The molecule has 0 unspecified atom stereocenters. The van der Waals surface area contributed by atoms with Crippen LogP contribution in [-0.2, 0) is 0 Å². The van der Waals surface area contributed by atoms with Gasteiger partial charge in [0.2, 0.25) is 0 Å². The van der Waals surface area contributed by atoms with Crippen molar-refractivity contribution in [3.8, 4) is 56.3 Å². The maximum atomic E-state index is 5.52. The lowest BCUT2D eigenvalue weighted by molar-refractivity contribution is 1.18. The van der Waals surface area contributed by atoms with Gasteiger partial charge in [-0.25, -0.2) is 15.0 Å². The average molecular weight is 768 g/mol. The first-order valence-corrected chi connectivity index (χ1v) is 20.7. The van der Waals surface area contributed by atoms with E-state index in [0.29, 0.717) is 5.82 Å². The number of aromatic nitrogens is 3. The molecule has 59 heavy (non-hydrogen) atoms. The summed E-state index contributed by atoms with van der Waals surface area (Å²) in [7, 11) is 0. The van der Waals surface area contributed by atoms with E-state index in [9.17, 15) is 0 Å². The molecule has 12 rings (SSSR count). The summed E-state index contributed by atoms with van der Waals surface area (Å²) in [5.41, 5.74) is 10.2. The maximum Gasteiger partial charge on any atom is 0.160 e. The Morgan fingerprint density at radius 3 is 1.49 bits per heavy atom. The lowest BCUT2D eigenvalue weighted by Gasteiger charge is -2.13. The second-order valence-electron chi connectivity index (χ2n) is 15.1. The Kier molecular flexibility index (Phi) is 7.72. The first-order valence-electron chi connectivity index (χ1n) is 19.9. The van der Waals surface area contributed by atoms with Crippen LogP contribution < -0.4 is 0 Å². The van der Waals surface area contributed by atoms with Gasteiger partial charge < -0.3 is 0 Å². The fourth-order valence-corrected chi connectivity index (χ4v) is 10.0. The standard InChI is InChI=1S/C55H33N3S/c1-3-13-34(14-4-1)35-23-25-36(26-24-35)49-33-50(58-55(57-49)37-15-5-2-6-16-37)38-28-30-48-47(31-38)54-52(45-21-11-12-22-51(45)59-54)53(56-48)39-27-29-44-42-19-8-7-17-40(42)41-18-9-10-20-43(41)46(44)32-39/h1-33H. The number of nitrogens with zero attached hydrogens (tertiary/aromatic N) is 3. The highest BCUT2D eigenvalue weighted by molar-refractivity contribution is 7.26. The van der Waals surface area contributed by atoms with Gasteiger partial charge in [-0.2, -0.15) is 0 Å². The van der Waals surface area contributed by atoms with Gasteiger partial charge in [-0.3, -0.25) is 0 Å². The van der Waals surface area contributed by atoms with Gasteiger partial charge in [0, 0.05) is 47.8 Å². The maximum absolute atomic E-state index is 5.52. The highest BCUT2D eigenvalue weighted by Crippen LogP contribution is 2.45. The fourth-order valence-electron chi connectivity index (χ4n) is 8.81. The molecule has 3 nitrogen and oxygen atoms in total. The summed E-state index contributed by atoms with van der Waals surface area (Å²) in [6, 6.07) is 71.3. The molecule has 0 radical (unpaired) electrons. The minimum Gasteiger partial charge on any atom is -0.247 e. The van der Waals surface area contributed by atoms with Gasteiger partial charge in [-0.1, -0.05) is 170 Å². The monoisotopic (exact) mass is 767 g/mol.